The highest BCUT2D eigenvalue weighted by atomic mass is 32.1. The van der Waals surface area contributed by atoms with E-state index >= 15 is 0 Å². The first-order valence-electron chi connectivity index (χ1n) is 12.0. The Bertz CT molecular complexity index is 1690. The van der Waals surface area contributed by atoms with E-state index in [1.165, 1.54) is 5.56 Å². The molecule has 0 aliphatic carbocycles. The average molecular weight is 495 g/mol. The molecule has 0 spiro atoms. The highest BCUT2D eigenvalue weighted by molar-refractivity contribution is 7.18. The first-order valence-corrected chi connectivity index (χ1v) is 12.8. The zero-order chi connectivity index (χ0) is 24.8. The van der Waals surface area contributed by atoms with Crippen LogP contribution in [0.5, 0.6) is 5.75 Å². The lowest BCUT2D eigenvalue weighted by Crippen LogP contribution is -2.20. The highest BCUT2D eigenvalue weighted by Crippen LogP contribution is 2.36. The predicted molar refractivity (Wildman–Crippen MR) is 146 cm³/mol. The van der Waals surface area contributed by atoms with Crippen LogP contribution < -0.4 is 10.3 Å². The Kier molecular flexibility index (Phi) is 5.57. The Morgan fingerprint density at radius 1 is 1.08 bits per heavy atom. The number of methoxy groups -OCH3 is 1. The molecule has 0 saturated heterocycles. The highest BCUT2D eigenvalue weighted by Gasteiger charge is 2.24. The van der Waals surface area contributed by atoms with E-state index in [9.17, 15) is 4.79 Å². The van der Waals surface area contributed by atoms with Crippen molar-refractivity contribution in [3.63, 3.8) is 0 Å². The number of hydrogen-bond donors (Lipinski definition) is 0. The normalized spacial score (nSPS) is 14.0. The fourth-order valence-electron chi connectivity index (χ4n) is 4.89. The Morgan fingerprint density at radius 3 is 2.67 bits per heavy atom. The van der Waals surface area contributed by atoms with Gasteiger partial charge in [0.2, 0.25) is 0 Å². The molecule has 0 saturated carbocycles. The van der Waals surface area contributed by atoms with Crippen LogP contribution in [0.3, 0.4) is 0 Å². The summed E-state index contributed by atoms with van der Waals surface area (Å²) in [6.07, 6.45) is 4.97. The van der Waals surface area contributed by atoms with Gasteiger partial charge in [-0.3, -0.25) is 14.0 Å². The molecule has 4 heterocycles. The molecule has 1 aliphatic heterocycles. The monoisotopic (exact) mass is 494 g/mol. The van der Waals surface area contributed by atoms with Crippen molar-refractivity contribution in [3.8, 4) is 17.0 Å². The second kappa shape index (κ2) is 8.91. The molecule has 5 aromatic rings. The molecule has 3 aromatic heterocycles. The molecule has 0 fully saturated rings. The van der Waals surface area contributed by atoms with Gasteiger partial charge in [-0.1, -0.05) is 42.5 Å². The van der Waals surface area contributed by atoms with Gasteiger partial charge in [-0.05, 0) is 55.2 Å². The predicted octanol–water partition coefficient (Wildman–Crippen LogP) is 5.94. The van der Waals surface area contributed by atoms with Gasteiger partial charge < -0.3 is 4.74 Å². The molecule has 1 aliphatic rings. The zero-order valence-corrected chi connectivity index (χ0v) is 21.3. The lowest BCUT2D eigenvalue weighted by atomic mass is 10.0. The number of rotatable bonds is 5. The van der Waals surface area contributed by atoms with E-state index in [0.29, 0.717) is 13.1 Å². The van der Waals surface area contributed by atoms with Crippen molar-refractivity contribution in [1.29, 1.82) is 0 Å². The largest absolute Gasteiger partial charge is 0.496 e. The summed E-state index contributed by atoms with van der Waals surface area (Å²) in [6, 6.07) is 18.2. The smallest absolute Gasteiger partial charge is 0.262 e. The number of thiophene rings is 1. The third-order valence-corrected chi connectivity index (χ3v) is 7.95. The first-order chi connectivity index (χ1) is 17.5. The Morgan fingerprint density at radius 2 is 1.86 bits per heavy atom. The van der Waals surface area contributed by atoms with E-state index in [4.69, 9.17) is 14.8 Å². The summed E-state index contributed by atoms with van der Waals surface area (Å²) >= 11 is 1.59. The topological polar surface area (TPSA) is 61.9 Å². The summed E-state index contributed by atoms with van der Waals surface area (Å²) in [5.41, 5.74) is 6.09. The van der Waals surface area contributed by atoms with Gasteiger partial charge in [0.1, 0.15) is 22.1 Å². The van der Waals surface area contributed by atoms with Crippen molar-refractivity contribution < 1.29 is 4.74 Å². The molecule has 7 heteroatoms. The molecule has 36 heavy (non-hydrogen) atoms. The summed E-state index contributed by atoms with van der Waals surface area (Å²) in [7, 11) is 1.68. The van der Waals surface area contributed by atoms with Gasteiger partial charge in [-0.2, -0.15) is 5.10 Å². The van der Waals surface area contributed by atoms with Gasteiger partial charge in [-0.25, -0.2) is 4.98 Å². The Hall–Kier alpha value is -3.97. The van der Waals surface area contributed by atoms with Crippen LogP contribution in [0.2, 0.25) is 0 Å². The van der Waals surface area contributed by atoms with Crippen molar-refractivity contribution >= 4 is 33.2 Å². The van der Waals surface area contributed by atoms with Gasteiger partial charge in [0.15, 0.2) is 0 Å². The maximum absolute atomic E-state index is 13.3. The molecule has 0 N–H and O–H groups in total. The van der Waals surface area contributed by atoms with Crippen LogP contribution in [0.1, 0.15) is 33.8 Å². The minimum absolute atomic E-state index is 0.0602. The van der Waals surface area contributed by atoms with Gasteiger partial charge >= 0.3 is 0 Å². The van der Waals surface area contributed by atoms with Crippen molar-refractivity contribution in [2.75, 3.05) is 7.11 Å². The van der Waals surface area contributed by atoms with Crippen LogP contribution in [-0.4, -0.2) is 26.4 Å². The summed E-state index contributed by atoms with van der Waals surface area (Å²) in [5, 5.41) is 5.73. The fraction of sp³-hybridized carbons (Fsp3) is 0.207. The minimum Gasteiger partial charge on any atom is -0.496 e. The quantitative estimate of drug-likeness (QED) is 0.303. The summed E-state index contributed by atoms with van der Waals surface area (Å²) < 4.78 is 9.45. The van der Waals surface area contributed by atoms with E-state index in [2.05, 4.69) is 24.4 Å². The maximum Gasteiger partial charge on any atom is 0.262 e. The second-order valence-electron chi connectivity index (χ2n) is 9.09. The fourth-order valence-corrected chi connectivity index (χ4v) is 5.91. The number of allylic oxidation sites excluding steroid dienone is 1. The lowest BCUT2D eigenvalue weighted by molar-refractivity contribution is 0.416. The van der Waals surface area contributed by atoms with E-state index < -0.39 is 0 Å². The van der Waals surface area contributed by atoms with Crippen LogP contribution in [0.25, 0.3) is 33.1 Å². The van der Waals surface area contributed by atoms with E-state index in [1.54, 1.807) is 18.4 Å². The molecular weight excluding hydrogens is 468 g/mol. The lowest BCUT2D eigenvalue weighted by Gasteiger charge is -2.07. The number of aryl methyl sites for hydroxylation is 2. The van der Waals surface area contributed by atoms with Crippen LogP contribution in [0, 0.1) is 13.8 Å². The van der Waals surface area contributed by atoms with E-state index in [-0.39, 0.29) is 5.56 Å². The minimum atomic E-state index is 0.0602. The number of nitrogens with zero attached hydrogens (tertiary/aromatic N) is 4. The van der Waals surface area contributed by atoms with Crippen molar-refractivity contribution in [2.45, 2.75) is 33.4 Å². The second-order valence-corrected chi connectivity index (χ2v) is 10.3. The van der Waals surface area contributed by atoms with E-state index in [0.717, 1.165) is 61.0 Å². The Balaban J connectivity index is 1.50. The SMILES string of the molecule is COc1ccccc1-c1nn(Cc2ccccc2)cc1/C=C1\CCn2c1nc1sc(C)c(C)c1c2=O. The molecule has 0 amide bonds. The summed E-state index contributed by atoms with van der Waals surface area (Å²) in [5.74, 6) is 1.53. The molecule has 0 radical (unpaired) electrons. The Labute approximate surface area is 213 Å². The van der Waals surface area contributed by atoms with Crippen LogP contribution >= 0.6 is 11.3 Å². The van der Waals surface area contributed by atoms with Gasteiger partial charge in [0.25, 0.3) is 5.56 Å². The maximum atomic E-state index is 13.3. The number of para-hydroxylation sites is 1. The van der Waals surface area contributed by atoms with Crippen LogP contribution in [0.15, 0.2) is 65.6 Å². The first kappa shape index (κ1) is 22.5. The molecule has 6 rings (SSSR count). The average Bonchev–Trinajstić information content (AvgIpc) is 3.56. The van der Waals surface area contributed by atoms with Crippen molar-refractivity contribution in [2.24, 2.45) is 0 Å². The van der Waals surface area contributed by atoms with Crippen molar-refractivity contribution in [3.05, 3.63) is 98.5 Å². The molecule has 180 valence electrons. The summed E-state index contributed by atoms with van der Waals surface area (Å²) in [4.78, 5) is 20.2. The molecule has 0 unspecified atom stereocenters. The number of ether oxygens (including phenoxy) is 1. The van der Waals surface area contributed by atoms with Crippen LogP contribution in [-0.2, 0) is 13.1 Å². The van der Waals surface area contributed by atoms with Gasteiger partial charge in [-0.15, -0.1) is 11.3 Å². The molecule has 6 nitrogen and oxygen atoms in total. The molecule has 0 atom stereocenters. The van der Waals surface area contributed by atoms with Crippen LogP contribution in [0.4, 0.5) is 0 Å². The molecule has 0 bridgehead atoms. The molecular formula is C29H26N4O2S. The molecule has 2 aromatic carbocycles. The zero-order valence-electron chi connectivity index (χ0n) is 20.5. The summed E-state index contributed by atoms with van der Waals surface area (Å²) in [6.45, 7) is 5.36. The van der Waals surface area contributed by atoms with Gasteiger partial charge in [0, 0.05) is 28.7 Å². The number of fused-ring (bicyclic) bond motifs is 2. The van der Waals surface area contributed by atoms with Crippen molar-refractivity contribution in [1.82, 2.24) is 19.3 Å². The number of aromatic nitrogens is 4. The van der Waals surface area contributed by atoms with Gasteiger partial charge in [0.05, 0.1) is 19.0 Å². The number of benzene rings is 2. The van der Waals surface area contributed by atoms with E-state index in [1.807, 2.05) is 65.6 Å². The number of hydrogen-bond acceptors (Lipinski definition) is 5. The standard InChI is InChI=1S/C29H26N4O2S/c1-18-19(2)36-28-25(18)29(34)33-14-13-21(27(33)30-28)15-22-17-32(16-20-9-5-4-6-10-20)31-26(22)23-11-7-8-12-24(23)35-3/h4-12,15,17H,13-14,16H2,1-3H3/b21-15+. The third-order valence-electron chi connectivity index (χ3n) is 6.85. The third kappa shape index (κ3) is 3.76.